The van der Waals surface area contributed by atoms with Gasteiger partial charge in [-0.05, 0) is 44.6 Å². The first kappa shape index (κ1) is 22.0. The lowest BCUT2D eigenvalue weighted by atomic mass is 9.61. The third-order valence-electron chi connectivity index (χ3n) is 7.11. The number of aromatic nitrogens is 3. The van der Waals surface area contributed by atoms with Gasteiger partial charge in [0.2, 0.25) is 0 Å². The summed E-state index contributed by atoms with van der Waals surface area (Å²) in [6.07, 6.45) is 8.33. The average molecular weight is 440 g/mol. The van der Waals surface area contributed by atoms with Gasteiger partial charge in [-0.25, -0.2) is 4.98 Å². The zero-order valence-electron chi connectivity index (χ0n) is 19.0. The molecular formula is C24H33N5OS. The van der Waals surface area contributed by atoms with Gasteiger partial charge in [-0.15, -0.1) is 11.3 Å². The topological polar surface area (TPSA) is 73.9 Å². The molecule has 2 aromatic heterocycles. The van der Waals surface area contributed by atoms with E-state index in [2.05, 4.69) is 50.4 Å². The molecule has 1 aliphatic carbocycles. The fourth-order valence-electron chi connectivity index (χ4n) is 5.31. The summed E-state index contributed by atoms with van der Waals surface area (Å²) in [6.45, 7) is 14.1. The zero-order valence-corrected chi connectivity index (χ0v) is 19.8. The van der Waals surface area contributed by atoms with Crippen LogP contribution in [-0.2, 0) is 6.42 Å². The molecule has 3 unspecified atom stereocenters. The van der Waals surface area contributed by atoms with Crippen LogP contribution in [0.3, 0.4) is 0 Å². The summed E-state index contributed by atoms with van der Waals surface area (Å²) in [7, 11) is 0. The Morgan fingerprint density at radius 1 is 1.45 bits per heavy atom. The summed E-state index contributed by atoms with van der Waals surface area (Å²) in [5.74, 6) is 0.520. The van der Waals surface area contributed by atoms with E-state index in [1.807, 2.05) is 20.8 Å². The van der Waals surface area contributed by atoms with Crippen molar-refractivity contribution in [2.24, 2.45) is 5.92 Å². The van der Waals surface area contributed by atoms with Gasteiger partial charge in [0.15, 0.2) is 5.69 Å². The third-order valence-corrected chi connectivity index (χ3v) is 8.21. The molecule has 1 saturated carbocycles. The average Bonchev–Trinajstić information content (AvgIpc) is 3.38. The highest BCUT2D eigenvalue weighted by atomic mass is 32.1. The number of rotatable bonds is 6. The number of nitrogens with one attached hydrogen (secondary N) is 2. The van der Waals surface area contributed by atoms with Crippen LogP contribution in [0, 0.1) is 12.8 Å². The van der Waals surface area contributed by atoms with Crippen molar-refractivity contribution < 1.29 is 4.79 Å². The van der Waals surface area contributed by atoms with Crippen molar-refractivity contribution in [3.63, 3.8) is 0 Å². The molecule has 1 spiro atoms. The fourth-order valence-corrected chi connectivity index (χ4v) is 6.11. The number of thiazole rings is 1. The van der Waals surface area contributed by atoms with Crippen LogP contribution in [0.15, 0.2) is 18.0 Å². The van der Waals surface area contributed by atoms with E-state index in [0.29, 0.717) is 23.6 Å². The van der Waals surface area contributed by atoms with E-state index in [9.17, 15) is 4.79 Å². The highest BCUT2D eigenvalue weighted by molar-refractivity contribution is 7.10. The Labute approximate surface area is 188 Å². The van der Waals surface area contributed by atoms with Crippen molar-refractivity contribution in [1.82, 2.24) is 25.4 Å². The third kappa shape index (κ3) is 3.68. The predicted octanol–water partition coefficient (Wildman–Crippen LogP) is 4.46. The molecule has 6 nitrogen and oxygen atoms in total. The van der Waals surface area contributed by atoms with Crippen molar-refractivity contribution in [2.75, 3.05) is 13.1 Å². The molecule has 4 heterocycles. The van der Waals surface area contributed by atoms with Crippen molar-refractivity contribution >= 4 is 28.9 Å². The Morgan fingerprint density at radius 3 is 2.81 bits per heavy atom. The Kier molecular flexibility index (Phi) is 6.17. The molecule has 1 amide bonds. The number of hydrogen-bond donors (Lipinski definition) is 2. The minimum atomic E-state index is -0.0896. The Morgan fingerprint density at radius 2 is 2.26 bits per heavy atom. The van der Waals surface area contributed by atoms with Gasteiger partial charge in [0.25, 0.3) is 5.91 Å². The van der Waals surface area contributed by atoms with E-state index < -0.39 is 0 Å². The number of aromatic amines is 1. The van der Waals surface area contributed by atoms with Crippen LogP contribution in [-0.4, -0.2) is 50.7 Å². The molecule has 3 aliphatic rings. The molecule has 3 fully saturated rings. The Bertz CT molecular complexity index is 1000. The molecule has 31 heavy (non-hydrogen) atoms. The lowest BCUT2D eigenvalue weighted by molar-refractivity contribution is -0.0676. The highest BCUT2D eigenvalue weighted by Crippen LogP contribution is 2.57. The Balaban J connectivity index is 0.00000112. The summed E-state index contributed by atoms with van der Waals surface area (Å²) in [5.41, 5.74) is 4.74. The number of carbonyl (C=O) groups excluding carboxylic acids is 1. The van der Waals surface area contributed by atoms with Gasteiger partial charge >= 0.3 is 0 Å². The Hall–Kier alpha value is -2.25. The maximum Gasteiger partial charge on any atom is 0.272 e. The van der Waals surface area contributed by atoms with Gasteiger partial charge < -0.3 is 5.32 Å². The first-order chi connectivity index (χ1) is 15.0. The molecule has 2 aromatic rings. The quantitative estimate of drug-likeness (QED) is 0.697. The van der Waals surface area contributed by atoms with Gasteiger partial charge in [-0.2, -0.15) is 5.10 Å². The van der Waals surface area contributed by atoms with E-state index in [0.717, 1.165) is 34.1 Å². The van der Waals surface area contributed by atoms with Gasteiger partial charge in [0.05, 0.1) is 0 Å². The van der Waals surface area contributed by atoms with Crippen molar-refractivity contribution in [3.8, 4) is 0 Å². The molecule has 166 valence electrons. The van der Waals surface area contributed by atoms with Gasteiger partial charge in [-0.1, -0.05) is 32.6 Å². The smallest absolute Gasteiger partial charge is 0.272 e. The second kappa shape index (κ2) is 8.71. The summed E-state index contributed by atoms with van der Waals surface area (Å²) in [4.78, 5) is 20.1. The zero-order chi connectivity index (χ0) is 22.2. The molecule has 0 bridgehead atoms. The molecule has 0 radical (unpaired) electrons. The first-order valence-corrected chi connectivity index (χ1v) is 12.2. The van der Waals surface area contributed by atoms with Crippen LogP contribution in [0.4, 0.5) is 0 Å². The second-order valence-corrected chi connectivity index (χ2v) is 9.44. The van der Waals surface area contributed by atoms with Crippen molar-refractivity contribution in [1.29, 1.82) is 0 Å². The van der Waals surface area contributed by atoms with Crippen LogP contribution in [0.1, 0.15) is 72.5 Å². The number of amides is 1. The first-order valence-electron chi connectivity index (χ1n) is 11.4. The van der Waals surface area contributed by atoms with Crippen molar-refractivity contribution in [3.05, 3.63) is 45.7 Å². The van der Waals surface area contributed by atoms with Gasteiger partial charge in [-0.3, -0.25) is 14.8 Å². The summed E-state index contributed by atoms with van der Waals surface area (Å²) < 4.78 is 0. The van der Waals surface area contributed by atoms with Crippen molar-refractivity contribution in [2.45, 2.75) is 65.0 Å². The van der Waals surface area contributed by atoms with Crippen LogP contribution in [0.2, 0.25) is 0 Å². The number of hydrogen-bond acceptors (Lipinski definition) is 5. The van der Waals surface area contributed by atoms with Gasteiger partial charge in [0, 0.05) is 53.4 Å². The van der Waals surface area contributed by atoms with Crippen LogP contribution in [0.5, 0.6) is 0 Å². The van der Waals surface area contributed by atoms with E-state index in [-0.39, 0.29) is 11.9 Å². The monoisotopic (exact) mass is 439 g/mol. The fraction of sp³-hybridized carbons (Fsp3) is 0.542. The maximum atomic E-state index is 13.0. The highest BCUT2D eigenvalue weighted by Gasteiger charge is 2.63. The second-order valence-electron chi connectivity index (χ2n) is 8.58. The predicted molar refractivity (Wildman–Crippen MR) is 127 cm³/mol. The SMILES string of the molecule is C=Cc1c(C(=O)NC2CN3CCC34CCC24)n[nH]c1C/C=C(\C)c1nc(C)cs1.CC. The molecule has 2 saturated heterocycles. The minimum absolute atomic E-state index is 0.0896. The van der Waals surface area contributed by atoms with Crippen LogP contribution < -0.4 is 5.32 Å². The molecule has 3 atom stereocenters. The number of aryl methyl sites for hydroxylation is 1. The maximum absolute atomic E-state index is 13.0. The van der Waals surface area contributed by atoms with Crippen LogP contribution >= 0.6 is 11.3 Å². The normalized spacial score (nSPS) is 26.6. The molecular weight excluding hydrogens is 406 g/mol. The van der Waals surface area contributed by atoms with E-state index >= 15 is 0 Å². The standard InChI is InChI=1S/C22H27N5OS.C2H6/c1-4-15-17(6-5-13(2)21-23-14(3)12-29-21)25-26-19(15)20(28)24-18-11-27-10-9-22(27)8-7-16(18)22;1-2/h4-5,12,16,18H,1,6-11H2,2-3H3,(H,24,28)(H,25,26);1-2H3/b13-5+;. The number of allylic oxidation sites excluding steroid dienone is 2. The number of H-pyrrole nitrogens is 1. The van der Waals surface area contributed by atoms with E-state index in [1.165, 1.54) is 25.8 Å². The van der Waals surface area contributed by atoms with Gasteiger partial charge in [0.1, 0.15) is 5.01 Å². The molecule has 5 rings (SSSR count). The number of nitrogens with zero attached hydrogens (tertiary/aromatic N) is 3. The van der Waals surface area contributed by atoms with E-state index in [4.69, 9.17) is 0 Å². The van der Waals surface area contributed by atoms with Crippen LogP contribution in [0.25, 0.3) is 11.6 Å². The molecule has 2 aliphatic heterocycles. The molecule has 7 heteroatoms. The lowest BCUT2D eigenvalue weighted by Crippen LogP contribution is -2.64. The van der Waals surface area contributed by atoms with E-state index in [1.54, 1.807) is 17.4 Å². The summed E-state index contributed by atoms with van der Waals surface area (Å²) >= 11 is 1.65. The number of carbonyl (C=O) groups is 1. The summed E-state index contributed by atoms with van der Waals surface area (Å²) in [6, 6.07) is 0.242. The molecule has 0 aromatic carbocycles. The minimum Gasteiger partial charge on any atom is -0.346 e. The lowest BCUT2D eigenvalue weighted by Gasteiger charge is -2.58. The summed E-state index contributed by atoms with van der Waals surface area (Å²) in [5, 5.41) is 13.7. The largest absolute Gasteiger partial charge is 0.346 e. The molecule has 2 N–H and O–H groups in total.